The van der Waals surface area contributed by atoms with Crippen LogP contribution in [-0.2, 0) is 11.2 Å². The van der Waals surface area contributed by atoms with Gasteiger partial charge in [-0.1, -0.05) is 36.4 Å². The van der Waals surface area contributed by atoms with Gasteiger partial charge in [0.05, 0.1) is 0 Å². The number of nitrogen functional groups attached to an aromatic ring is 1. The molecule has 0 aromatic heterocycles. The third kappa shape index (κ3) is 4.84. The van der Waals surface area contributed by atoms with Crippen LogP contribution in [0.3, 0.4) is 0 Å². The van der Waals surface area contributed by atoms with Gasteiger partial charge < -0.3 is 15.8 Å². The number of carbonyl (C=O) groups excluding carboxylic acids is 1. The van der Waals surface area contributed by atoms with Crippen molar-refractivity contribution in [1.82, 2.24) is 5.32 Å². The minimum atomic E-state index is -0.553. The Labute approximate surface area is 124 Å². The van der Waals surface area contributed by atoms with E-state index < -0.39 is 6.10 Å². The van der Waals surface area contributed by atoms with E-state index in [2.05, 4.69) is 5.32 Å². The first-order valence-electron chi connectivity index (χ1n) is 6.99. The fourth-order valence-corrected chi connectivity index (χ4v) is 1.96. The highest BCUT2D eigenvalue weighted by Crippen LogP contribution is 2.15. The van der Waals surface area contributed by atoms with Gasteiger partial charge in [0.25, 0.3) is 5.91 Å². The molecule has 1 atom stereocenters. The highest BCUT2D eigenvalue weighted by molar-refractivity contribution is 5.80. The molecule has 2 rings (SSSR count). The quantitative estimate of drug-likeness (QED) is 0.801. The molecule has 110 valence electrons. The fraction of sp³-hybridized carbons (Fsp3) is 0.235. The Morgan fingerprint density at radius 3 is 2.67 bits per heavy atom. The summed E-state index contributed by atoms with van der Waals surface area (Å²) in [5, 5.41) is 2.87. The van der Waals surface area contributed by atoms with Gasteiger partial charge in [0.2, 0.25) is 0 Å². The number of carbonyl (C=O) groups is 1. The van der Waals surface area contributed by atoms with Crippen LogP contribution in [0.5, 0.6) is 5.75 Å². The van der Waals surface area contributed by atoms with Crippen molar-refractivity contribution in [2.45, 2.75) is 19.4 Å². The molecule has 21 heavy (non-hydrogen) atoms. The van der Waals surface area contributed by atoms with Crippen molar-refractivity contribution in [3.05, 3.63) is 60.2 Å². The number of rotatable bonds is 6. The van der Waals surface area contributed by atoms with Crippen LogP contribution in [0.1, 0.15) is 12.5 Å². The van der Waals surface area contributed by atoms with Crippen LogP contribution in [0, 0.1) is 0 Å². The van der Waals surface area contributed by atoms with Gasteiger partial charge in [-0.15, -0.1) is 0 Å². The summed E-state index contributed by atoms with van der Waals surface area (Å²) in [6, 6.07) is 17.1. The first kappa shape index (κ1) is 14.9. The molecule has 0 aliphatic carbocycles. The van der Waals surface area contributed by atoms with E-state index in [-0.39, 0.29) is 5.91 Å². The third-order valence-corrected chi connectivity index (χ3v) is 3.10. The Morgan fingerprint density at radius 1 is 1.19 bits per heavy atom. The third-order valence-electron chi connectivity index (χ3n) is 3.10. The van der Waals surface area contributed by atoms with Crippen molar-refractivity contribution >= 4 is 11.6 Å². The molecule has 2 aromatic carbocycles. The fourth-order valence-electron chi connectivity index (χ4n) is 1.96. The molecule has 0 fully saturated rings. The number of benzene rings is 2. The molecule has 4 heteroatoms. The van der Waals surface area contributed by atoms with Crippen molar-refractivity contribution in [3.63, 3.8) is 0 Å². The molecule has 0 spiro atoms. The van der Waals surface area contributed by atoms with Gasteiger partial charge in [-0.05, 0) is 31.0 Å². The van der Waals surface area contributed by atoms with Gasteiger partial charge in [0.15, 0.2) is 6.10 Å². The minimum Gasteiger partial charge on any atom is -0.481 e. The molecule has 1 amide bonds. The monoisotopic (exact) mass is 284 g/mol. The zero-order chi connectivity index (χ0) is 15.1. The Bertz CT molecular complexity index is 584. The van der Waals surface area contributed by atoms with E-state index in [0.717, 1.165) is 6.42 Å². The molecule has 3 N–H and O–H groups in total. The topological polar surface area (TPSA) is 64.3 Å². The van der Waals surface area contributed by atoms with E-state index in [9.17, 15) is 4.79 Å². The minimum absolute atomic E-state index is 0.131. The maximum absolute atomic E-state index is 12.0. The molecule has 2 aromatic rings. The van der Waals surface area contributed by atoms with Gasteiger partial charge in [0.1, 0.15) is 5.75 Å². The van der Waals surface area contributed by atoms with Gasteiger partial charge in [0, 0.05) is 18.3 Å². The Kier molecular flexibility index (Phi) is 5.21. The summed E-state index contributed by atoms with van der Waals surface area (Å²) in [5.41, 5.74) is 7.49. The number of nitrogens with two attached hydrogens (primary N) is 1. The number of anilines is 1. The van der Waals surface area contributed by atoms with Crippen molar-refractivity contribution in [2.24, 2.45) is 0 Å². The summed E-state index contributed by atoms with van der Waals surface area (Å²) in [6.45, 7) is 2.31. The summed E-state index contributed by atoms with van der Waals surface area (Å²) in [5.74, 6) is 0.467. The van der Waals surface area contributed by atoms with Gasteiger partial charge >= 0.3 is 0 Å². The first-order chi connectivity index (χ1) is 10.1. The molecule has 0 saturated carbocycles. The highest BCUT2D eigenvalue weighted by atomic mass is 16.5. The molecule has 0 aliphatic heterocycles. The zero-order valence-electron chi connectivity index (χ0n) is 12.1. The van der Waals surface area contributed by atoms with E-state index in [1.165, 1.54) is 5.56 Å². The molecular weight excluding hydrogens is 264 g/mol. The van der Waals surface area contributed by atoms with Crippen LogP contribution in [0.15, 0.2) is 54.6 Å². The number of hydrogen-bond donors (Lipinski definition) is 2. The van der Waals surface area contributed by atoms with Gasteiger partial charge in [-0.2, -0.15) is 0 Å². The van der Waals surface area contributed by atoms with Crippen molar-refractivity contribution in [1.29, 1.82) is 0 Å². The van der Waals surface area contributed by atoms with Crippen molar-refractivity contribution in [3.8, 4) is 5.75 Å². The van der Waals surface area contributed by atoms with E-state index in [1.54, 1.807) is 31.2 Å². The SMILES string of the molecule is CC(Oc1cccc(N)c1)C(=O)NCCc1ccccc1. The van der Waals surface area contributed by atoms with E-state index >= 15 is 0 Å². The summed E-state index contributed by atoms with van der Waals surface area (Å²) >= 11 is 0. The number of ether oxygens (including phenoxy) is 1. The van der Waals surface area contributed by atoms with Crippen LogP contribution >= 0.6 is 0 Å². The van der Waals surface area contributed by atoms with E-state index in [0.29, 0.717) is 18.0 Å². The lowest BCUT2D eigenvalue weighted by Crippen LogP contribution is -2.37. The molecule has 0 aliphatic rings. The second-order valence-corrected chi connectivity index (χ2v) is 4.86. The smallest absolute Gasteiger partial charge is 0.260 e. The van der Waals surface area contributed by atoms with E-state index in [1.807, 2.05) is 30.3 Å². The van der Waals surface area contributed by atoms with Crippen LogP contribution < -0.4 is 15.8 Å². The van der Waals surface area contributed by atoms with Gasteiger partial charge in [-0.3, -0.25) is 4.79 Å². The maximum Gasteiger partial charge on any atom is 0.260 e. The van der Waals surface area contributed by atoms with Crippen LogP contribution in [0.25, 0.3) is 0 Å². The summed E-state index contributed by atoms with van der Waals surface area (Å²) in [4.78, 5) is 12.0. The Hall–Kier alpha value is -2.49. The summed E-state index contributed by atoms with van der Waals surface area (Å²) in [6.07, 6.45) is 0.250. The van der Waals surface area contributed by atoms with Crippen LogP contribution in [-0.4, -0.2) is 18.6 Å². The number of nitrogens with one attached hydrogen (secondary N) is 1. The molecule has 1 unspecified atom stereocenters. The molecular formula is C17H20N2O2. The maximum atomic E-state index is 12.0. The lowest BCUT2D eigenvalue weighted by molar-refractivity contribution is -0.127. The second kappa shape index (κ2) is 7.33. The molecule has 0 saturated heterocycles. The Morgan fingerprint density at radius 2 is 1.95 bits per heavy atom. The summed E-state index contributed by atoms with van der Waals surface area (Å²) in [7, 11) is 0. The van der Waals surface area contributed by atoms with Crippen molar-refractivity contribution < 1.29 is 9.53 Å². The average Bonchev–Trinajstić information content (AvgIpc) is 2.48. The zero-order valence-corrected chi connectivity index (χ0v) is 12.1. The number of amides is 1. The predicted molar refractivity (Wildman–Crippen MR) is 84.1 cm³/mol. The summed E-state index contributed by atoms with van der Waals surface area (Å²) < 4.78 is 5.57. The lowest BCUT2D eigenvalue weighted by atomic mass is 10.1. The lowest BCUT2D eigenvalue weighted by Gasteiger charge is -2.15. The standard InChI is InChI=1S/C17H20N2O2/c1-13(21-16-9-5-8-15(18)12-16)17(20)19-11-10-14-6-3-2-4-7-14/h2-9,12-13H,10-11,18H2,1H3,(H,19,20). The normalized spacial score (nSPS) is 11.7. The van der Waals surface area contributed by atoms with Crippen molar-refractivity contribution in [2.75, 3.05) is 12.3 Å². The van der Waals surface area contributed by atoms with E-state index in [4.69, 9.17) is 10.5 Å². The second-order valence-electron chi connectivity index (χ2n) is 4.86. The number of hydrogen-bond acceptors (Lipinski definition) is 3. The van der Waals surface area contributed by atoms with Crippen LogP contribution in [0.2, 0.25) is 0 Å². The molecule has 0 radical (unpaired) electrons. The van der Waals surface area contributed by atoms with Gasteiger partial charge in [-0.25, -0.2) is 0 Å². The molecule has 0 bridgehead atoms. The molecule has 0 heterocycles. The average molecular weight is 284 g/mol. The largest absolute Gasteiger partial charge is 0.481 e. The van der Waals surface area contributed by atoms with Crippen LogP contribution in [0.4, 0.5) is 5.69 Å². The Balaban J connectivity index is 1.77. The highest BCUT2D eigenvalue weighted by Gasteiger charge is 2.13. The first-order valence-corrected chi connectivity index (χ1v) is 6.99. The molecule has 4 nitrogen and oxygen atoms in total. The predicted octanol–water partition coefficient (Wildman–Crippen LogP) is 2.40.